The average Bonchev–Trinajstić information content (AvgIpc) is 3.14. The smallest absolute Gasteiger partial charge is 0.251 e. The van der Waals surface area contributed by atoms with E-state index in [1.165, 1.54) is 6.07 Å². The van der Waals surface area contributed by atoms with Crippen molar-refractivity contribution in [2.75, 3.05) is 22.4 Å². The zero-order valence-electron chi connectivity index (χ0n) is 17.9. The first-order valence-electron chi connectivity index (χ1n) is 10.3. The van der Waals surface area contributed by atoms with Gasteiger partial charge in [0.05, 0.1) is 12.3 Å². The summed E-state index contributed by atoms with van der Waals surface area (Å²) in [5.41, 5.74) is 1.32. The van der Waals surface area contributed by atoms with Crippen molar-refractivity contribution in [3.63, 3.8) is 0 Å². The molecule has 3 aromatic rings. The molecule has 33 heavy (non-hydrogen) atoms. The van der Waals surface area contributed by atoms with Gasteiger partial charge in [-0.3, -0.25) is 14.3 Å². The van der Waals surface area contributed by atoms with Crippen molar-refractivity contribution >= 4 is 33.2 Å². The first-order valence-corrected chi connectivity index (χ1v) is 12.2. The Morgan fingerprint density at radius 3 is 2.36 bits per heavy atom. The van der Waals surface area contributed by atoms with E-state index >= 15 is 0 Å². The number of amides is 2. The Labute approximate surface area is 192 Å². The molecule has 2 N–H and O–H groups in total. The molecule has 1 aliphatic rings. The van der Waals surface area contributed by atoms with E-state index in [1.54, 1.807) is 47.4 Å². The summed E-state index contributed by atoms with van der Waals surface area (Å²) in [5, 5.41) is 2.86. The summed E-state index contributed by atoms with van der Waals surface area (Å²) in [6.45, 7) is 0.338. The molecule has 4 rings (SSSR count). The number of nitrogens with one attached hydrogen (secondary N) is 2. The molecule has 1 heterocycles. The van der Waals surface area contributed by atoms with Crippen LogP contribution in [0.25, 0.3) is 0 Å². The van der Waals surface area contributed by atoms with Gasteiger partial charge in [-0.25, -0.2) is 8.42 Å². The third-order valence-electron chi connectivity index (χ3n) is 5.02. The van der Waals surface area contributed by atoms with Crippen LogP contribution in [0.2, 0.25) is 0 Å². The quantitative estimate of drug-likeness (QED) is 0.557. The zero-order valence-corrected chi connectivity index (χ0v) is 18.7. The topological polar surface area (TPSA) is 105 Å². The van der Waals surface area contributed by atoms with E-state index in [-0.39, 0.29) is 24.3 Å². The summed E-state index contributed by atoms with van der Waals surface area (Å²) in [5.74, 6) is 0.910. The molecule has 170 valence electrons. The zero-order chi connectivity index (χ0) is 23.4. The van der Waals surface area contributed by atoms with Crippen LogP contribution in [-0.2, 0) is 14.8 Å². The van der Waals surface area contributed by atoms with Gasteiger partial charge in [0.25, 0.3) is 5.91 Å². The van der Waals surface area contributed by atoms with Crippen LogP contribution in [0.15, 0.2) is 78.9 Å². The van der Waals surface area contributed by atoms with Crippen molar-refractivity contribution in [1.82, 2.24) is 5.32 Å². The highest BCUT2D eigenvalue weighted by Gasteiger charge is 2.31. The third kappa shape index (κ3) is 5.89. The first-order chi connectivity index (χ1) is 15.8. The van der Waals surface area contributed by atoms with Crippen molar-refractivity contribution in [3.05, 3.63) is 84.4 Å². The molecule has 0 bridgehead atoms. The Morgan fingerprint density at radius 2 is 1.67 bits per heavy atom. The summed E-state index contributed by atoms with van der Waals surface area (Å²) in [6, 6.07) is 22.4. The lowest BCUT2D eigenvalue weighted by molar-refractivity contribution is -0.117. The van der Waals surface area contributed by atoms with Crippen molar-refractivity contribution in [3.8, 4) is 11.5 Å². The second-order valence-corrected chi connectivity index (χ2v) is 9.49. The van der Waals surface area contributed by atoms with Crippen LogP contribution in [0.5, 0.6) is 11.5 Å². The number of carbonyl (C=O) groups is 2. The lowest BCUT2D eigenvalue weighted by atomic mass is 10.1. The largest absolute Gasteiger partial charge is 0.457 e. The molecule has 0 spiro atoms. The average molecular weight is 466 g/mol. The standard InChI is InChI=1S/C24H23N3O5S/c1-33(30,31)26-18-7-5-6-17(14-18)24(29)25-19-15-23(28)27(16-19)20-10-12-22(13-11-20)32-21-8-3-2-4-9-21/h2-14,19,26H,15-16H2,1H3,(H,25,29). The third-order valence-corrected chi connectivity index (χ3v) is 5.62. The maximum absolute atomic E-state index is 12.7. The molecular formula is C24H23N3O5S. The Bertz CT molecular complexity index is 1260. The minimum absolute atomic E-state index is 0.0930. The van der Waals surface area contributed by atoms with Crippen LogP contribution in [-0.4, -0.2) is 39.1 Å². The molecule has 0 radical (unpaired) electrons. The fraction of sp³-hybridized carbons (Fsp3) is 0.167. The Kier molecular flexibility index (Phi) is 6.32. The molecule has 1 atom stereocenters. The number of ether oxygens (including phenoxy) is 1. The van der Waals surface area contributed by atoms with Gasteiger partial charge in [0.1, 0.15) is 11.5 Å². The summed E-state index contributed by atoms with van der Waals surface area (Å²) in [6.07, 6.45) is 1.22. The number of carbonyl (C=O) groups excluding carboxylic acids is 2. The number of para-hydroxylation sites is 1. The minimum atomic E-state index is -3.45. The van der Waals surface area contributed by atoms with E-state index < -0.39 is 10.0 Å². The molecular weight excluding hydrogens is 442 g/mol. The van der Waals surface area contributed by atoms with Gasteiger partial charge in [-0.1, -0.05) is 24.3 Å². The monoisotopic (exact) mass is 465 g/mol. The van der Waals surface area contributed by atoms with Crippen LogP contribution in [0.3, 0.4) is 0 Å². The molecule has 8 nitrogen and oxygen atoms in total. The number of benzene rings is 3. The van der Waals surface area contributed by atoms with Crippen molar-refractivity contribution in [2.24, 2.45) is 0 Å². The van der Waals surface area contributed by atoms with E-state index in [1.807, 2.05) is 30.3 Å². The molecule has 1 aliphatic heterocycles. The highest BCUT2D eigenvalue weighted by atomic mass is 32.2. The Morgan fingerprint density at radius 1 is 0.970 bits per heavy atom. The van der Waals surface area contributed by atoms with Gasteiger partial charge in [0.2, 0.25) is 15.9 Å². The van der Waals surface area contributed by atoms with E-state index in [0.29, 0.717) is 23.5 Å². The van der Waals surface area contributed by atoms with E-state index in [0.717, 1.165) is 17.7 Å². The van der Waals surface area contributed by atoms with Gasteiger partial charge in [-0.05, 0) is 54.6 Å². The molecule has 0 aliphatic carbocycles. The number of hydrogen-bond donors (Lipinski definition) is 2. The predicted molar refractivity (Wildman–Crippen MR) is 126 cm³/mol. The number of hydrogen-bond acceptors (Lipinski definition) is 5. The molecule has 0 aromatic heterocycles. The van der Waals surface area contributed by atoms with Crippen LogP contribution >= 0.6 is 0 Å². The van der Waals surface area contributed by atoms with Gasteiger partial charge in [0.15, 0.2) is 0 Å². The van der Waals surface area contributed by atoms with Crippen LogP contribution < -0.4 is 19.7 Å². The van der Waals surface area contributed by atoms with Gasteiger partial charge >= 0.3 is 0 Å². The number of nitrogens with zero attached hydrogens (tertiary/aromatic N) is 1. The molecule has 1 saturated heterocycles. The van der Waals surface area contributed by atoms with Gasteiger partial charge < -0.3 is 15.0 Å². The van der Waals surface area contributed by atoms with E-state index in [2.05, 4.69) is 10.0 Å². The summed E-state index contributed by atoms with van der Waals surface area (Å²) >= 11 is 0. The van der Waals surface area contributed by atoms with Gasteiger partial charge in [0, 0.05) is 29.9 Å². The number of anilines is 2. The minimum Gasteiger partial charge on any atom is -0.457 e. The van der Waals surface area contributed by atoms with Crippen LogP contribution in [0, 0.1) is 0 Å². The number of rotatable bonds is 7. The lowest BCUT2D eigenvalue weighted by Crippen LogP contribution is -2.37. The lowest BCUT2D eigenvalue weighted by Gasteiger charge is -2.18. The molecule has 9 heteroatoms. The highest BCUT2D eigenvalue weighted by Crippen LogP contribution is 2.27. The second kappa shape index (κ2) is 9.33. The molecule has 1 fully saturated rings. The van der Waals surface area contributed by atoms with Crippen molar-refractivity contribution < 1.29 is 22.7 Å². The van der Waals surface area contributed by atoms with Gasteiger partial charge in [-0.2, -0.15) is 0 Å². The normalized spacial score (nSPS) is 15.8. The Balaban J connectivity index is 1.38. The van der Waals surface area contributed by atoms with Crippen molar-refractivity contribution in [2.45, 2.75) is 12.5 Å². The summed E-state index contributed by atoms with van der Waals surface area (Å²) in [4.78, 5) is 26.8. The van der Waals surface area contributed by atoms with Gasteiger partial charge in [-0.15, -0.1) is 0 Å². The maximum atomic E-state index is 12.7. The predicted octanol–water partition coefficient (Wildman–Crippen LogP) is 3.39. The van der Waals surface area contributed by atoms with E-state index in [4.69, 9.17) is 4.74 Å². The fourth-order valence-corrected chi connectivity index (χ4v) is 4.13. The van der Waals surface area contributed by atoms with E-state index in [9.17, 15) is 18.0 Å². The van der Waals surface area contributed by atoms with Crippen LogP contribution in [0.1, 0.15) is 16.8 Å². The second-order valence-electron chi connectivity index (χ2n) is 7.74. The summed E-state index contributed by atoms with van der Waals surface area (Å²) < 4.78 is 31.0. The molecule has 2 amide bonds. The number of sulfonamides is 1. The fourth-order valence-electron chi connectivity index (χ4n) is 3.58. The van der Waals surface area contributed by atoms with Crippen LogP contribution in [0.4, 0.5) is 11.4 Å². The molecule has 3 aromatic carbocycles. The first kappa shape index (κ1) is 22.3. The SMILES string of the molecule is CS(=O)(=O)Nc1cccc(C(=O)NC2CC(=O)N(c3ccc(Oc4ccccc4)cc3)C2)c1. The highest BCUT2D eigenvalue weighted by molar-refractivity contribution is 7.92. The molecule has 0 saturated carbocycles. The molecule has 1 unspecified atom stereocenters. The van der Waals surface area contributed by atoms with Crippen molar-refractivity contribution in [1.29, 1.82) is 0 Å². The summed E-state index contributed by atoms with van der Waals surface area (Å²) in [7, 11) is -3.45. The Hall–Kier alpha value is -3.85. The maximum Gasteiger partial charge on any atom is 0.251 e.